The smallest absolute Gasteiger partial charge is 0.133 e. The van der Waals surface area contributed by atoms with E-state index in [0.29, 0.717) is 12.0 Å². The summed E-state index contributed by atoms with van der Waals surface area (Å²) in [4.78, 5) is 18.4. The second-order valence-electron chi connectivity index (χ2n) is 6.56. The summed E-state index contributed by atoms with van der Waals surface area (Å²) in [5.74, 6) is 3.81. The van der Waals surface area contributed by atoms with Gasteiger partial charge in [0, 0.05) is 44.5 Å². The zero-order valence-electron chi connectivity index (χ0n) is 13.6. The SMILES string of the molecule is CN(c1ccccn1)C1CCN(c2ccnc(C3CC3)n2)CC1. The highest BCUT2D eigenvalue weighted by molar-refractivity contribution is 5.41. The van der Waals surface area contributed by atoms with Crippen molar-refractivity contribution in [1.82, 2.24) is 15.0 Å². The molecule has 5 nitrogen and oxygen atoms in total. The van der Waals surface area contributed by atoms with Crippen LogP contribution in [0, 0.1) is 0 Å². The van der Waals surface area contributed by atoms with Gasteiger partial charge in [-0.05, 0) is 43.9 Å². The van der Waals surface area contributed by atoms with E-state index in [9.17, 15) is 0 Å². The summed E-state index contributed by atoms with van der Waals surface area (Å²) in [5.41, 5.74) is 0. The van der Waals surface area contributed by atoms with Crippen molar-refractivity contribution in [2.45, 2.75) is 37.6 Å². The maximum atomic E-state index is 4.78. The van der Waals surface area contributed by atoms with E-state index in [1.54, 1.807) is 0 Å². The molecule has 0 amide bonds. The molecule has 23 heavy (non-hydrogen) atoms. The molecule has 2 aliphatic rings. The van der Waals surface area contributed by atoms with Gasteiger partial charge in [-0.15, -0.1) is 0 Å². The predicted molar refractivity (Wildman–Crippen MR) is 91.9 cm³/mol. The third-order valence-electron chi connectivity index (χ3n) is 4.95. The normalized spacial score (nSPS) is 18.9. The molecule has 120 valence electrons. The number of pyridine rings is 1. The fraction of sp³-hybridized carbons (Fsp3) is 0.500. The fourth-order valence-corrected chi connectivity index (χ4v) is 3.31. The number of aromatic nitrogens is 3. The molecule has 3 heterocycles. The molecular weight excluding hydrogens is 286 g/mol. The number of piperidine rings is 1. The van der Waals surface area contributed by atoms with Gasteiger partial charge in [0.05, 0.1) is 0 Å². The van der Waals surface area contributed by atoms with Crippen molar-refractivity contribution in [3.63, 3.8) is 0 Å². The molecule has 0 N–H and O–H groups in total. The third kappa shape index (κ3) is 3.14. The molecule has 0 radical (unpaired) electrons. The van der Waals surface area contributed by atoms with Gasteiger partial charge in [-0.25, -0.2) is 15.0 Å². The topological polar surface area (TPSA) is 45.2 Å². The van der Waals surface area contributed by atoms with Crippen molar-refractivity contribution in [2.75, 3.05) is 29.9 Å². The van der Waals surface area contributed by atoms with Gasteiger partial charge in [-0.1, -0.05) is 6.07 Å². The molecule has 0 atom stereocenters. The summed E-state index contributed by atoms with van der Waals surface area (Å²) in [6.07, 6.45) is 8.55. The number of hydrogen-bond acceptors (Lipinski definition) is 5. The molecule has 2 fully saturated rings. The largest absolute Gasteiger partial charge is 0.357 e. The molecule has 0 aromatic carbocycles. The molecular formula is C18H23N5. The van der Waals surface area contributed by atoms with Gasteiger partial charge >= 0.3 is 0 Å². The molecule has 4 rings (SSSR count). The average molecular weight is 309 g/mol. The monoisotopic (exact) mass is 309 g/mol. The van der Waals surface area contributed by atoms with Gasteiger partial charge in [-0.2, -0.15) is 0 Å². The number of nitrogens with zero attached hydrogens (tertiary/aromatic N) is 5. The van der Waals surface area contributed by atoms with E-state index in [1.807, 2.05) is 24.5 Å². The van der Waals surface area contributed by atoms with E-state index >= 15 is 0 Å². The summed E-state index contributed by atoms with van der Waals surface area (Å²) in [5, 5.41) is 0. The summed E-state index contributed by atoms with van der Waals surface area (Å²) in [6, 6.07) is 8.69. The first-order chi connectivity index (χ1) is 11.3. The molecule has 1 aliphatic heterocycles. The van der Waals surface area contributed by atoms with Crippen LogP contribution in [0.5, 0.6) is 0 Å². The maximum Gasteiger partial charge on any atom is 0.133 e. The third-order valence-corrected chi connectivity index (χ3v) is 4.95. The van der Waals surface area contributed by atoms with Gasteiger partial charge in [0.1, 0.15) is 17.5 Å². The van der Waals surface area contributed by atoms with Crippen molar-refractivity contribution in [1.29, 1.82) is 0 Å². The lowest BCUT2D eigenvalue weighted by Gasteiger charge is -2.37. The minimum Gasteiger partial charge on any atom is -0.357 e. The van der Waals surface area contributed by atoms with Crippen molar-refractivity contribution in [3.05, 3.63) is 42.5 Å². The first kappa shape index (κ1) is 14.4. The van der Waals surface area contributed by atoms with Crippen LogP contribution in [0.15, 0.2) is 36.7 Å². The van der Waals surface area contributed by atoms with Crippen molar-refractivity contribution < 1.29 is 0 Å². The summed E-state index contributed by atoms with van der Waals surface area (Å²) < 4.78 is 0. The zero-order chi connectivity index (χ0) is 15.6. The Morgan fingerprint density at radius 3 is 2.52 bits per heavy atom. The van der Waals surface area contributed by atoms with E-state index in [4.69, 9.17) is 4.98 Å². The van der Waals surface area contributed by atoms with Crippen LogP contribution in [0.3, 0.4) is 0 Å². The Labute approximate surface area is 137 Å². The Bertz CT molecular complexity index is 647. The fourth-order valence-electron chi connectivity index (χ4n) is 3.31. The quantitative estimate of drug-likeness (QED) is 0.869. The first-order valence-electron chi connectivity index (χ1n) is 8.53. The van der Waals surface area contributed by atoms with E-state index in [2.05, 4.69) is 38.9 Å². The predicted octanol–water partition coefficient (Wildman–Crippen LogP) is 2.85. The van der Waals surface area contributed by atoms with Crippen LogP contribution in [0.1, 0.15) is 37.4 Å². The second kappa shape index (κ2) is 6.14. The zero-order valence-corrected chi connectivity index (χ0v) is 13.6. The average Bonchev–Trinajstić information content (AvgIpc) is 3.47. The summed E-state index contributed by atoms with van der Waals surface area (Å²) in [6.45, 7) is 2.09. The van der Waals surface area contributed by atoms with Crippen LogP contribution in [0.25, 0.3) is 0 Å². The van der Waals surface area contributed by atoms with E-state index < -0.39 is 0 Å². The van der Waals surface area contributed by atoms with Crippen LogP contribution < -0.4 is 9.80 Å². The summed E-state index contributed by atoms with van der Waals surface area (Å²) >= 11 is 0. The number of rotatable bonds is 4. The Morgan fingerprint density at radius 1 is 1.00 bits per heavy atom. The Hall–Kier alpha value is -2.17. The highest BCUT2D eigenvalue weighted by Gasteiger charge is 2.28. The second-order valence-corrected chi connectivity index (χ2v) is 6.56. The van der Waals surface area contributed by atoms with Crippen molar-refractivity contribution in [3.8, 4) is 0 Å². The number of anilines is 2. The number of hydrogen-bond donors (Lipinski definition) is 0. The molecule has 0 spiro atoms. The Balaban J connectivity index is 1.40. The Kier molecular flexibility index (Phi) is 3.85. The molecule has 0 unspecified atom stereocenters. The molecule has 5 heteroatoms. The van der Waals surface area contributed by atoms with E-state index in [0.717, 1.165) is 43.4 Å². The van der Waals surface area contributed by atoms with Gasteiger partial charge < -0.3 is 9.80 Å². The lowest BCUT2D eigenvalue weighted by Crippen LogP contribution is -2.44. The molecule has 1 saturated carbocycles. The van der Waals surface area contributed by atoms with Gasteiger partial charge in [0.25, 0.3) is 0 Å². The maximum absolute atomic E-state index is 4.78. The van der Waals surface area contributed by atoms with E-state index in [-0.39, 0.29) is 0 Å². The minimum absolute atomic E-state index is 0.547. The van der Waals surface area contributed by atoms with Crippen LogP contribution in [-0.4, -0.2) is 41.1 Å². The minimum atomic E-state index is 0.547. The standard InChI is InChI=1S/C18H23N5/c1-22(16-4-2-3-10-19-16)15-8-12-23(13-9-15)17-7-11-20-18(21-17)14-5-6-14/h2-4,7,10-11,14-15H,5-6,8-9,12-13H2,1H3. The van der Waals surface area contributed by atoms with Gasteiger partial charge in [0.15, 0.2) is 0 Å². The van der Waals surface area contributed by atoms with Crippen LogP contribution in [0.4, 0.5) is 11.6 Å². The molecule has 1 aliphatic carbocycles. The van der Waals surface area contributed by atoms with Crippen molar-refractivity contribution in [2.24, 2.45) is 0 Å². The van der Waals surface area contributed by atoms with Gasteiger partial charge in [0.2, 0.25) is 0 Å². The summed E-state index contributed by atoms with van der Waals surface area (Å²) in [7, 11) is 2.15. The van der Waals surface area contributed by atoms with Crippen LogP contribution in [-0.2, 0) is 0 Å². The highest BCUT2D eigenvalue weighted by Crippen LogP contribution is 2.38. The van der Waals surface area contributed by atoms with Crippen molar-refractivity contribution >= 4 is 11.6 Å². The lowest BCUT2D eigenvalue weighted by molar-refractivity contribution is 0.477. The van der Waals surface area contributed by atoms with E-state index in [1.165, 1.54) is 12.8 Å². The molecule has 0 bridgehead atoms. The highest BCUT2D eigenvalue weighted by atomic mass is 15.2. The van der Waals surface area contributed by atoms with Gasteiger partial charge in [-0.3, -0.25) is 0 Å². The lowest BCUT2D eigenvalue weighted by atomic mass is 10.0. The Morgan fingerprint density at radius 2 is 1.83 bits per heavy atom. The van der Waals surface area contributed by atoms with Crippen LogP contribution in [0.2, 0.25) is 0 Å². The molecule has 2 aromatic rings. The first-order valence-corrected chi connectivity index (χ1v) is 8.53. The van der Waals surface area contributed by atoms with Crippen LogP contribution >= 0.6 is 0 Å². The molecule has 1 saturated heterocycles. The molecule has 2 aromatic heterocycles.